The summed E-state index contributed by atoms with van der Waals surface area (Å²) in [6.45, 7) is 7.87. The molecule has 2 N–H and O–H groups in total. The van der Waals surface area contributed by atoms with E-state index in [1.165, 1.54) is 5.69 Å². The Morgan fingerprint density at radius 1 is 1.18 bits per heavy atom. The molecule has 122 valence electrons. The molecule has 2 fully saturated rings. The van der Waals surface area contributed by atoms with Gasteiger partial charge in [-0.15, -0.1) is 0 Å². The van der Waals surface area contributed by atoms with E-state index in [0.29, 0.717) is 13.0 Å². The first-order valence-electron chi connectivity index (χ1n) is 8.07. The number of hydrogen-bond donors (Lipinski definition) is 2. The second-order valence-corrected chi connectivity index (χ2v) is 7.02. The quantitative estimate of drug-likeness (QED) is 0.824. The van der Waals surface area contributed by atoms with Crippen LogP contribution < -0.4 is 4.90 Å². The third-order valence-corrected chi connectivity index (χ3v) is 5.13. The number of hydrogen-bond acceptors (Lipinski definition) is 5. The predicted molar refractivity (Wildman–Crippen MR) is 85.1 cm³/mol. The van der Waals surface area contributed by atoms with E-state index >= 15 is 0 Å². The van der Waals surface area contributed by atoms with Crippen molar-refractivity contribution in [3.63, 3.8) is 0 Å². The number of aromatic nitrogens is 1. The molecule has 3 rings (SSSR count). The summed E-state index contributed by atoms with van der Waals surface area (Å²) in [5, 5.41) is 20.9. The van der Waals surface area contributed by atoms with E-state index in [1.54, 1.807) is 6.92 Å². The van der Waals surface area contributed by atoms with Crippen LogP contribution in [0, 0.1) is 13.8 Å². The molecule has 2 atom stereocenters. The predicted octanol–water partition coefficient (Wildman–Crippen LogP) is 1.57. The number of aliphatic hydroxyl groups is 2. The molecule has 5 heteroatoms. The van der Waals surface area contributed by atoms with E-state index in [1.807, 2.05) is 13.8 Å². The highest BCUT2D eigenvalue weighted by Gasteiger charge is 2.52. The summed E-state index contributed by atoms with van der Waals surface area (Å²) in [6, 6.07) is 4.19. The topological polar surface area (TPSA) is 65.8 Å². The van der Waals surface area contributed by atoms with Gasteiger partial charge in [-0.2, -0.15) is 0 Å². The number of piperidine rings is 1. The van der Waals surface area contributed by atoms with Crippen LogP contribution in [0.15, 0.2) is 12.1 Å². The summed E-state index contributed by atoms with van der Waals surface area (Å²) in [5.74, 6) is 0. The zero-order valence-corrected chi connectivity index (χ0v) is 13.7. The van der Waals surface area contributed by atoms with Crippen molar-refractivity contribution in [1.82, 2.24) is 4.98 Å². The molecule has 0 bridgehead atoms. The van der Waals surface area contributed by atoms with E-state index in [2.05, 4.69) is 22.0 Å². The Bertz CT molecular complexity index is 531. The minimum absolute atomic E-state index is 0.488. The Morgan fingerprint density at radius 2 is 1.77 bits per heavy atom. The van der Waals surface area contributed by atoms with Crippen LogP contribution in [0.2, 0.25) is 0 Å². The summed E-state index contributed by atoms with van der Waals surface area (Å²) in [4.78, 5) is 6.73. The Hall–Kier alpha value is -1.17. The van der Waals surface area contributed by atoms with Gasteiger partial charge < -0.3 is 19.8 Å². The standard InChI is InChI=1S/C17H26N2O3/c1-12-10-14(11-13(2)18-12)19-7-4-17(5-8-19)15(20)16(3,21)6-9-22-17/h10-11,15,20-21H,4-9H2,1-3H3/t15-,16+/m0/s1. The lowest BCUT2D eigenvalue weighted by Gasteiger charge is -2.52. The number of rotatable bonds is 1. The van der Waals surface area contributed by atoms with Crippen LogP contribution in [-0.4, -0.2) is 52.2 Å². The van der Waals surface area contributed by atoms with Crippen LogP contribution in [0.1, 0.15) is 37.6 Å². The number of ether oxygens (including phenoxy) is 1. The van der Waals surface area contributed by atoms with Crippen molar-refractivity contribution in [2.24, 2.45) is 0 Å². The van der Waals surface area contributed by atoms with Gasteiger partial charge in [0.1, 0.15) is 11.7 Å². The highest BCUT2D eigenvalue weighted by Crippen LogP contribution is 2.40. The molecule has 2 aliphatic heterocycles. The number of aryl methyl sites for hydroxylation is 2. The molecule has 0 aliphatic carbocycles. The van der Waals surface area contributed by atoms with Crippen LogP contribution in [0.25, 0.3) is 0 Å². The molecular weight excluding hydrogens is 280 g/mol. The van der Waals surface area contributed by atoms with E-state index in [9.17, 15) is 10.2 Å². The molecule has 1 aromatic heterocycles. The fourth-order valence-electron chi connectivity index (χ4n) is 3.80. The summed E-state index contributed by atoms with van der Waals surface area (Å²) < 4.78 is 5.94. The molecule has 2 aliphatic rings. The maximum atomic E-state index is 10.6. The van der Waals surface area contributed by atoms with Gasteiger partial charge in [0.2, 0.25) is 0 Å². The van der Waals surface area contributed by atoms with Gasteiger partial charge in [-0.05, 0) is 45.7 Å². The second-order valence-electron chi connectivity index (χ2n) is 7.02. The van der Waals surface area contributed by atoms with Crippen molar-refractivity contribution in [2.75, 3.05) is 24.6 Å². The second kappa shape index (κ2) is 5.48. The number of aliphatic hydroxyl groups excluding tert-OH is 1. The van der Waals surface area contributed by atoms with Gasteiger partial charge in [0, 0.05) is 36.6 Å². The Morgan fingerprint density at radius 3 is 2.36 bits per heavy atom. The van der Waals surface area contributed by atoms with Crippen molar-refractivity contribution in [3.05, 3.63) is 23.5 Å². The van der Waals surface area contributed by atoms with E-state index in [-0.39, 0.29) is 0 Å². The van der Waals surface area contributed by atoms with Crippen LogP contribution in [0.5, 0.6) is 0 Å². The average molecular weight is 306 g/mol. The van der Waals surface area contributed by atoms with Crippen LogP contribution in [-0.2, 0) is 4.74 Å². The van der Waals surface area contributed by atoms with Crippen molar-refractivity contribution < 1.29 is 14.9 Å². The maximum Gasteiger partial charge on any atom is 0.111 e. The lowest BCUT2D eigenvalue weighted by atomic mass is 9.75. The van der Waals surface area contributed by atoms with Crippen LogP contribution >= 0.6 is 0 Å². The third kappa shape index (κ3) is 2.73. The smallest absolute Gasteiger partial charge is 0.111 e. The molecule has 5 nitrogen and oxygen atoms in total. The van der Waals surface area contributed by atoms with Crippen molar-refractivity contribution in [3.8, 4) is 0 Å². The fraction of sp³-hybridized carbons (Fsp3) is 0.706. The normalized spacial score (nSPS) is 31.5. The van der Waals surface area contributed by atoms with Gasteiger partial charge in [-0.3, -0.25) is 4.98 Å². The Labute approximate surface area is 131 Å². The lowest BCUT2D eigenvalue weighted by Crippen LogP contribution is -2.64. The number of anilines is 1. The molecule has 0 saturated carbocycles. The first-order chi connectivity index (χ1) is 10.3. The van der Waals surface area contributed by atoms with Gasteiger partial charge in [0.05, 0.1) is 12.2 Å². The summed E-state index contributed by atoms with van der Waals surface area (Å²) >= 11 is 0. The van der Waals surface area contributed by atoms with Crippen LogP contribution in [0.3, 0.4) is 0 Å². The lowest BCUT2D eigenvalue weighted by molar-refractivity contribution is -0.239. The number of nitrogens with zero attached hydrogens (tertiary/aromatic N) is 2. The first kappa shape index (κ1) is 15.7. The summed E-state index contributed by atoms with van der Waals surface area (Å²) in [5.41, 5.74) is 1.57. The Kier molecular flexibility index (Phi) is 3.91. The van der Waals surface area contributed by atoms with Gasteiger partial charge in [0.25, 0.3) is 0 Å². The highest BCUT2D eigenvalue weighted by atomic mass is 16.5. The van der Waals surface area contributed by atoms with E-state index in [4.69, 9.17) is 4.74 Å². The molecule has 0 amide bonds. The molecule has 22 heavy (non-hydrogen) atoms. The van der Waals surface area contributed by atoms with Gasteiger partial charge >= 0.3 is 0 Å². The van der Waals surface area contributed by atoms with Crippen LogP contribution in [0.4, 0.5) is 5.69 Å². The molecule has 1 spiro atoms. The van der Waals surface area contributed by atoms with Gasteiger partial charge in [-0.1, -0.05) is 0 Å². The minimum atomic E-state index is -1.05. The van der Waals surface area contributed by atoms with Gasteiger partial charge in [0.15, 0.2) is 0 Å². The van der Waals surface area contributed by atoms with E-state index < -0.39 is 17.3 Å². The monoisotopic (exact) mass is 306 g/mol. The molecule has 0 unspecified atom stereocenters. The molecule has 1 aromatic rings. The zero-order valence-electron chi connectivity index (χ0n) is 13.7. The van der Waals surface area contributed by atoms with Crippen molar-refractivity contribution >= 4 is 5.69 Å². The summed E-state index contributed by atoms with van der Waals surface area (Å²) in [7, 11) is 0. The van der Waals surface area contributed by atoms with Crippen molar-refractivity contribution in [2.45, 2.75) is 57.3 Å². The fourth-order valence-corrected chi connectivity index (χ4v) is 3.80. The largest absolute Gasteiger partial charge is 0.387 e. The molecule has 3 heterocycles. The highest BCUT2D eigenvalue weighted by molar-refractivity contribution is 5.48. The molecular formula is C17H26N2O3. The van der Waals surface area contributed by atoms with E-state index in [0.717, 1.165) is 37.3 Å². The maximum absolute atomic E-state index is 10.6. The first-order valence-corrected chi connectivity index (χ1v) is 8.07. The van der Waals surface area contributed by atoms with Gasteiger partial charge in [-0.25, -0.2) is 0 Å². The zero-order chi connectivity index (χ0) is 16.0. The molecule has 0 aromatic carbocycles. The molecule has 0 radical (unpaired) electrons. The third-order valence-electron chi connectivity index (χ3n) is 5.13. The van der Waals surface area contributed by atoms with Crippen molar-refractivity contribution in [1.29, 1.82) is 0 Å². The summed E-state index contributed by atoms with van der Waals surface area (Å²) in [6.07, 6.45) is 1.12. The average Bonchev–Trinajstić information content (AvgIpc) is 2.44. The molecule has 2 saturated heterocycles. The minimum Gasteiger partial charge on any atom is -0.387 e. The number of pyridine rings is 1. The Balaban J connectivity index is 1.74. The SMILES string of the molecule is Cc1cc(N2CCC3(CC2)OCC[C@@](C)(O)[C@@H]3O)cc(C)n1.